The number of ether oxygens (including phenoxy) is 4. The number of carbonyl (C=O) groups is 1. The van der Waals surface area contributed by atoms with Crippen LogP contribution in [0.3, 0.4) is 0 Å². The van der Waals surface area contributed by atoms with E-state index in [4.69, 9.17) is 46.6 Å². The first-order chi connectivity index (χ1) is 17.4. The number of rotatable bonds is 8. The highest BCUT2D eigenvalue weighted by atomic mass is 35.5. The minimum Gasteiger partial charge on any atom is -0.493 e. The van der Waals surface area contributed by atoms with E-state index < -0.39 is 11.4 Å². The standard InChI is InChI=1S/C27H22Cl2O7/c1-4-34-27(31)26-24(15-6-10-21(32-2)23(11-15)33-3)25(30)19-9-8-18(13-22(19)36-26)35-14-16-5-7-17(28)12-20(16)29/h5-13H,4,14H2,1-3H3. The summed E-state index contributed by atoms with van der Waals surface area (Å²) in [6.07, 6.45) is 0. The Morgan fingerprint density at radius 2 is 1.72 bits per heavy atom. The van der Waals surface area contributed by atoms with E-state index in [-0.39, 0.29) is 35.5 Å². The van der Waals surface area contributed by atoms with Crippen LogP contribution in [0.25, 0.3) is 22.1 Å². The first-order valence-electron chi connectivity index (χ1n) is 10.9. The highest BCUT2D eigenvalue weighted by Crippen LogP contribution is 2.34. The molecule has 9 heteroatoms. The zero-order valence-electron chi connectivity index (χ0n) is 19.7. The number of halogens is 2. The van der Waals surface area contributed by atoms with E-state index in [9.17, 15) is 9.59 Å². The van der Waals surface area contributed by atoms with Crippen molar-refractivity contribution in [2.75, 3.05) is 20.8 Å². The van der Waals surface area contributed by atoms with E-state index in [0.717, 1.165) is 5.56 Å². The lowest BCUT2D eigenvalue weighted by Crippen LogP contribution is -2.15. The van der Waals surface area contributed by atoms with Crippen molar-refractivity contribution in [3.8, 4) is 28.4 Å². The normalized spacial score (nSPS) is 10.8. The number of hydrogen-bond donors (Lipinski definition) is 0. The molecule has 0 amide bonds. The third-order valence-corrected chi connectivity index (χ3v) is 5.99. The SMILES string of the molecule is CCOC(=O)c1oc2cc(OCc3ccc(Cl)cc3Cl)ccc2c(=O)c1-c1ccc(OC)c(OC)c1. The summed E-state index contributed by atoms with van der Waals surface area (Å²) in [6, 6.07) is 14.8. The van der Waals surface area contributed by atoms with Gasteiger partial charge in [-0.3, -0.25) is 4.79 Å². The third kappa shape index (κ3) is 5.12. The fraction of sp³-hybridized carbons (Fsp3) is 0.185. The van der Waals surface area contributed by atoms with E-state index in [1.807, 2.05) is 0 Å². The largest absolute Gasteiger partial charge is 0.493 e. The van der Waals surface area contributed by atoms with Gasteiger partial charge in [-0.2, -0.15) is 0 Å². The summed E-state index contributed by atoms with van der Waals surface area (Å²) < 4.78 is 27.6. The van der Waals surface area contributed by atoms with Gasteiger partial charge in [0.15, 0.2) is 11.5 Å². The van der Waals surface area contributed by atoms with Crippen LogP contribution in [-0.4, -0.2) is 26.8 Å². The molecule has 7 nitrogen and oxygen atoms in total. The predicted octanol–water partition coefficient (Wildman–Crippen LogP) is 6.54. The van der Waals surface area contributed by atoms with E-state index in [1.54, 1.807) is 61.5 Å². The van der Waals surface area contributed by atoms with E-state index in [0.29, 0.717) is 32.9 Å². The first kappa shape index (κ1) is 25.4. The Hall–Kier alpha value is -3.68. The number of benzene rings is 3. The van der Waals surface area contributed by atoms with E-state index in [2.05, 4.69) is 0 Å². The fourth-order valence-electron chi connectivity index (χ4n) is 3.66. The number of methoxy groups -OCH3 is 2. The molecule has 0 aliphatic heterocycles. The van der Waals surface area contributed by atoms with Crippen LogP contribution in [0, 0.1) is 0 Å². The summed E-state index contributed by atoms with van der Waals surface area (Å²) in [6.45, 7) is 1.94. The smallest absolute Gasteiger partial charge is 0.375 e. The second-order valence-electron chi connectivity index (χ2n) is 7.61. The summed E-state index contributed by atoms with van der Waals surface area (Å²) in [5.41, 5.74) is 0.983. The topological polar surface area (TPSA) is 84.2 Å². The van der Waals surface area contributed by atoms with Gasteiger partial charge in [-0.25, -0.2) is 4.79 Å². The van der Waals surface area contributed by atoms with Crippen LogP contribution < -0.4 is 19.6 Å². The molecule has 36 heavy (non-hydrogen) atoms. The van der Waals surface area contributed by atoms with Crippen LogP contribution in [0.1, 0.15) is 23.0 Å². The van der Waals surface area contributed by atoms with Gasteiger partial charge < -0.3 is 23.4 Å². The Morgan fingerprint density at radius 3 is 2.42 bits per heavy atom. The van der Waals surface area contributed by atoms with Gasteiger partial charge in [-0.05, 0) is 48.9 Å². The van der Waals surface area contributed by atoms with Crippen molar-refractivity contribution in [1.29, 1.82) is 0 Å². The highest BCUT2D eigenvalue weighted by molar-refractivity contribution is 6.35. The fourth-order valence-corrected chi connectivity index (χ4v) is 4.12. The van der Waals surface area contributed by atoms with Crippen molar-refractivity contribution in [3.63, 3.8) is 0 Å². The molecular weight excluding hydrogens is 507 g/mol. The number of fused-ring (bicyclic) bond motifs is 1. The van der Waals surface area contributed by atoms with Crippen molar-refractivity contribution in [2.24, 2.45) is 0 Å². The van der Waals surface area contributed by atoms with Crippen LogP contribution in [0.4, 0.5) is 0 Å². The Kier molecular flexibility index (Phi) is 7.72. The molecule has 186 valence electrons. The van der Waals surface area contributed by atoms with Gasteiger partial charge in [0.2, 0.25) is 11.2 Å². The maximum absolute atomic E-state index is 13.6. The first-order valence-corrected chi connectivity index (χ1v) is 11.7. The number of carbonyl (C=O) groups excluding carboxylic acids is 1. The number of hydrogen-bond acceptors (Lipinski definition) is 7. The van der Waals surface area contributed by atoms with Gasteiger partial charge in [0.1, 0.15) is 17.9 Å². The summed E-state index contributed by atoms with van der Waals surface area (Å²) in [5.74, 6) is 0.311. The molecule has 0 saturated carbocycles. The highest BCUT2D eigenvalue weighted by Gasteiger charge is 2.24. The predicted molar refractivity (Wildman–Crippen MR) is 138 cm³/mol. The maximum atomic E-state index is 13.6. The molecule has 0 unspecified atom stereocenters. The molecule has 0 fully saturated rings. The lowest BCUT2D eigenvalue weighted by atomic mass is 10.0. The summed E-state index contributed by atoms with van der Waals surface area (Å²) in [5, 5.41) is 1.26. The van der Waals surface area contributed by atoms with Crippen LogP contribution in [0.5, 0.6) is 17.2 Å². The average molecular weight is 529 g/mol. The van der Waals surface area contributed by atoms with Gasteiger partial charge in [0.25, 0.3) is 0 Å². The van der Waals surface area contributed by atoms with Gasteiger partial charge >= 0.3 is 5.97 Å². The van der Waals surface area contributed by atoms with Crippen LogP contribution in [0.15, 0.2) is 63.8 Å². The molecular formula is C27H22Cl2O7. The second kappa shape index (κ2) is 10.9. The monoisotopic (exact) mass is 528 g/mol. The number of esters is 1. The maximum Gasteiger partial charge on any atom is 0.375 e. The van der Waals surface area contributed by atoms with Crippen molar-refractivity contribution in [1.82, 2.24) is 0 Å². The second-order valence-corrected chi connectivity index (χ2v) is 8.45. The Labute approximate surface area is 217 Å². The molecule has 1 aromatic heterocycles. The van der Waals surface area contributed by atoms with Crippen molar-refractivity contribution >= 4 is 40.1 Å². The molecule has 1 heterocycles. The molecule has 0 N–H and O–H groups in total. The van der Waals surface area contributed by atoms with Crippen molar-refractivity contribution < 1.29 is 28.2 Å². The molecule has 0 saturated heterocycles. The molecule has 3 aromatic carbocycles. The van der Waals surface area contributed by atoms with Crippen molar-refractivity contribution in [3.05, 3.63) is 86.2 Å². The van der Waals surface area contributed by atoms with Crippen LogP contribution >= 0.6 is 23.2 Å². The zero-order chi connectivity index (χ0) is 25.8. The van der Waals surface area contributed by atoms with Crippen LogP contribution in [0.2, 0.25) is 10.0 Å². The Balaban J connectivity index is 1.79. The molecule has 4 rings (SSSR count). The molecule has 0 radical (unpaired) electrons. The summed E-state index contributed by atoms with van der Waals surface area (Å²) in [4.78, 5) is 26.4. The minimum absolute atomic E-state index is 0.0588. The molecule has 0 bridgehead atoms. The zero-order valence-corrected chi connectivity index (χ0v) is 21.2. The summed E-state index contributed by atoms with van der Waals surface area (Å²) >= 11 is 12.2. The van der Waals surface area contributed by atoms with E-state index in [1.165, 1.54) is 14.2 Å². The van der Waals surface area contributed by atoms with Gasteiger partial charge in [-0.15, -0.1) is 0 Å². The van der Waals surface area contributed by atoms with Crippen molar-refractivity contribution in [2.45, 2.75) is 13.5 Å². The third-order valence-electron chi connectivity index (χ3n) is 5.41. The Bertz CT molecular complexity index is 1490. The van der Waals surface area contributed by atoms with Crippen LogP contribution in [-0.2, 0) is 11.3 Å². The minimum atomic E-state index is -0.763. The Morgan fingerprint density at radius 1 is 0.944 bits per heavy atom. The molecule has 4 aromatic rings. The summed E-state index contributed by atoms with van der Waals surface area (Å²) in [7, 11) is 2.99. The lowest BCUT2D eigenvalue weighted by molar-refractivity contribution is 0.0492. The average Bonchev–Trinajstić information content (AvgIpc) is 2.87. The molecule has 0 aliphatic rings. The van der Waals surface area contributed by atoms with Gasteiger partial charge in [-0.1, -0.05) is 35.3 Å². The quantitative estimate of drug-likeness (QED) is 0.240. The molecule has 0 aliphatic carbocycles. The lowest BCUT2D eigenvalue weighted by Gasteiger charge is -2.13. The molecule has 0 atom stereocenters. The molecule has 0 spiro atoms. The van der Waals surface area contributed by atoms with E-state index >= 15 is 0 Å². The van der Waals surface area contributed by atoms with Gasteiger partial charge in [0, 0.05) is 21.7 Å². The van der Waals surface area contributed by atoms with Gasteiger partial charge in [0.05, 0.1) is 31.8 Å².